The lowest BCUT2D eigenvalue weighted by molar-refractivity contribution is -0.123. The zero-order valence-electron chi connectivity index (χ0n) is 14.7. The van der Waals surface area contributed by atoms with Gasteiger partial charge in [-0.25, -0.2) is 0 Å². The van der Waals surface area contributed by atoms with E-state index >= 15 is 0 Å². The van der Waals surface area contributed by atoms with Gasteiger partial charge in [0, 0.05) is 29.7 Å². The summed E-state index contributed by atoms with van der Waals surface area (Å²) >= 11 is 0. The van der Waals surface area contributed by atoms with Gasteiger partial charge < -0.3 is 16.4 Å². The van der Waals surface area contributed by atoms with Gasteiger partial charge in [0.2, 0.25) is 5.91 Å². The molecule has 0 saturated carbocycles. The van der Waals surface area contributed by atoms with Crippen LogP contribution >= 0.6 is 0 Å². The molecule has 6 nitrogen and oxygen atoms in total. The summed E-state index contributed by atoms with van der Waals surface area (Å²) in [6, 6.07) is 9.42. The van der Waals surface area contributed by atoms with Crippen molar-refractivity contribution < 1.29 is 9.59 Å². The molecule has 0 aliphatic heterocycles. The first kappa shape index (κ1) is 18.6. The number of rotatable bonds is 6. The van der Waals surface area contributed by atoms with Crippen LogP contribution in [-0.4, -0.2) is 22.8 Å². The lowest BCUT2D eigenvalue weighted by Gasteiger charge is -2.20. The fourth-order valence-electron chi connectivity index (χ4n) is 2.11. The number of pyridine rings is 1. The quantitative estimate of drug-likeness (QED) is 0.752. The van der Waals surface area contributed by atoms with Crippen LogP contribution in [0.25, 0.3) is 0 Å². The molecular weight excluding hydrogens is 316 g/mol. The number of nitrogens with zero attached hydrogens (tertiary/aromatic N) is 1. The summed E-state index contributed by atoms with van der Waals surface area (Å²) in [6.07, 6.45) is 3.21. The van der Waals surface area contributed by atoms with Gasteiger partial charge >= 0.3 is 0 Å². The second-order valence-electron chi connectivity index (χ2n) is 6.33. The Hall–Kier alpha value is -2.73. The molecule has 1 aromatic heterocycles. The Morgan fingerprint density at radius 1 is 1.00 bits per heavy atom. The smallest absolute Gasteiger partial charge is 0.255 e. The number of carbonyl (C=O) groups is 2. The maximum absolute atomic E-state index is 12.2. The van der Waals surface area contributed by atoms with E-state index in [4.69, 9.17) is 5.73 Å². The van der Waals surface area contributed by atoms with E-state index in [1.54, 1.807) is 48.8 Å². The average Bonchev–Trinajstić information content (AvgIpc) is 2.61. The molecule has 2 unspecified atom stereocenters. The number of hydrogen-bond acceptors (Lipinski definition) is 4. The van der Waals surface area contributed by atoms with Crippen LogP contribution in [0.15, 0.2) is 48.8 Å². The maximum Gasteiger partial charge on any atom is 0.255 e. The molecule has 2 atom stereocenters. The molecular formula is C19H24N4O2. The molecule has 1 heterocycles. The summed E-state index contributed by atoms with van der Waals surface area (Å²) in [5.41, 5.74) is 7.84. The van der Waals surface area contributed by atoms with Crippen molar-refractivity contribution in [2.24, 2.45) is 11.7 Å². The van der Waals surface area contributed by atoms with Crippen molar-refractivity contribution in [3.05, 3.63) is 59.9 Å². The van der Waals surface area contributed by atoms with Crippen LogP contribution in [0.5, 0.6) is 0 Å². The van der Waals surface area contributed by atoms with Gasteiger partial charge in [-0.15, -0.1) is 0 Å². The average molecular weight is 340 g/mol. The van der Waals surface area contributed by atoms with Crippen LogP contribution in [0.4, 0.5) is 5.69 Å². The van der Waals surface area contributed by atoms with Crippen molar-refractivity contribution in [2.75, 3.05) is 5.32 Å². The number of carbonyl (C=O) groups excluding carboxylic acids is 2. The fraction of sp³-hybridized carbons (Fsp3) is 0.316. The molecule has 0 bridgehead atoms. The number of benzene rings is 1. The molecule has 6 heteroatoms. The monoisotopic (exact) mass is 340 g/mol. The van der Waals surface area contributed by atoms with E-state index in [0.29, 0.717) is 22.7 Å². The highest BCUT2D eigenvalue weighted by atomic mass is 16.2. The molecule has 0 fully saturated rings. The van der Waals surface area contributed by atoms with Crippen LogP contribution in [0.3, 0.4) is 0 Å². The first-order valence-corrected chi connectivity index (χ1v) is 8.25. The largest absolute Gasteiger partial charge is 0.352 e. The van der Waals surface area contributed by atoms with Gasteiger partial charge in [0.15, 0.2) is 0 Å². The van der Waals surface area contributed by atoms with Crippen LogP contribution < -0.4 is 16.4 Å². The van der Waals surface area contributed by atoms with E-state index in [0.717, 1.165) is 0 Å². The van der Waals surface area contributed by atoms with E-state index in [1.807, 2.05) is 20.8 Å². The van der Waals surface area contributed by atoms with E-state index in [1.165, 1.54) is 0 Å². The van der Waals surface area contributed by atoms with Crippen molar-refractivity contribution >= 4 is 17.5 Å². The van der Waals surface area contributed by atoms with E-state index in [-0.39, 0.29) is 17.9 Å². The molecule has 0 aliphatic rings. The van der Waals surface area contributed by atoms with Gasteiger partial charge in [-0.05, 0) is 42.7 Å². The lowest BCUT2D eigenvalue weighted by Crippen LogP contribution is -2.41. The van der Waals surface area contributed by atoms with Gasteiger partial charge in [-0.2, -0.15) is 0 Å². The molecule has 0 radical (unpaired) electrons. The Bertz CT molecular complexity index is 714. The Kier molecular flexibility index (Phi) is 6.25. The zero-order chi connectivity index (χ0) is 18.4. The van der Waals surface area contributed by atoms with E-state index in [2.05, 4.69) is 15.6 Å². The van der Waals surface area contributed by atoms with E-state index < -0.39 is 6.04 Å². The number of nitrogens with one attached hydrogen (secondary N) is 2. The van der Waals surface area contributed by atoms with Crippen molar-refractivity contribution in [1.29, 1.82) is 0 Å². The predicted molar refractivity (Wildman–Crippen MR) is 98.0 cm³/mol. The molecule has 1 aromatic carbocycles. The third-order valence-corrected chi connectivity index (χ3v) is 4.12. The molecule has 25 heavy (non-hydrogen) atoms. The van der Waals surface area contributed by atoms with Gasteiger partial charge in [0.05, 0.1) is 0 Å². The highest BCUT2D eigenvalue weighted by molar-refractivity contribution is 6.04. The Balaban J connectivity index is 2.01. The van der Waals surface area contributed by atoms with Crippen LogP contribution in [0.2, 0.25) is 0 Å². The Morgan fingerprint density at radius 2 is 1.60 bits per heavy atom. The standard InChI is InChI=1S/C19H24N4O2/c1-12(2)13(3)22-19(25)17(20)14-4-6-15(7-5-14)18(24)23-16-8-10-21-11-9-16/h4-13,17H,20H2,1-3H3,(H,22,25)(H,21,23,24). The van der Waals surface area contributed by atoms with Gasteiger partial charge in [0.1, 0.15) is 6.04 Å². The topological polar surface area (TPSA) is 97.1 Å². The molecule has 2 amide bonds. The third kappa shape index (κ3) is 5.12. The zero-order valence-corrected chi connectivity index (χ0v) is 14.7. The van der Waals surface area contributed by atoms with Gasteiger partial charge in [0.25, 0.3) is 5.91 Å². The molecule has 4 N–H and O–H groups in total. The number of anilines is 1. The first-order chi connectivity index (χ1) is 11.9. The lowest BCUT2D eigenvalue weighted by atomic mass is 10.0. The van der Waals surface area contributed by atoms with Crippen LogP contribution in [0, 0.1) is 5.92 Å². The number of amides is 2. The predicted octanol–water partition coefficient (Wildman–Crippen LogP) is 2.49. The van der Waals surface area contributed by atoms with Crippen molar-refractivity contribution in [2.45, 2.75) is 32.9 Å². The number of nitrogens with two attached hydrogens (primary N) is 1. The summed E-state index contributed by atoms with van der Waals surface area (Å²) < 4.78 is 0. The second kappa shape index (κ2) is 8.39. The summed E-state index contributed by atoms with van der Waals surface area (Å²) in [4.78, 5) is 28.3. The molecule has 0 aliphatic carbocycles. The van der Waals surface area contributed by atoms with Crippen LogP contribution in [-0.2, 0) is 4.79 Å². The molecule has 2 aromatic rings. The van der Waals surface area contributed by atoms with Crippen molar-refractivity contribution in [3.8, 4) is 0 Å². The maximum atomic E-state index is 12.2. The highest BCUT2D eigenvalue weighted by Gasteiger charge is 2.19. The summed E-state index contributed by atoms with van der Waals surface area (Å²) in [5, 5.41) is 5.68. The minimum Gasteiger partial charge on any atom is -0.352 e. The second-order valence-corrected chi connectivity index (χ2v) is 6.33. The summed E-state index contributed by atoms with van der Waals surface area (Å²) in [5.74, 6) is -0.130. The number of aromatic nitrogens is 1. The minimum atomic E-state index is -0.765. The Labute approximate surface area is 147 Å². The normalized spacial score (nSPS) is 13.2. The van der Waals surface area contributed by atoms with Crippen LogP contribution in [0.1, 0.15) is 42.7 Å². The molecule has 0 saturated heterocycles. The summed E-state index contributed by atoms with van der Waals surface area (Å²) in [7, 11) is 0. The van der Waals surface area contributed by atoms with Gasteiger partial charge in [-0.1, -0.05) is 26.0 Å². The minimum absolute atomic E-state index is 0.0453. The molecule has 0 spiro atoms. The summed E-state index contributed by atoms with van der Waals surface area (Å²) in [6.45, 7) is 6.02. The van der Waals surface area contributed by atoms with Crippen molar-refractivity contribution in [3.63, 3.8) is 0 Å². The number of hydrogen-bond donors (Lipinski definition) is 3. The SMILES string of the molecule is CC(C)C(C)NC(=O)C(N)c1ccc(C(=O)Nc2ccncc2)cc1. The third-order valence-electron chi connectivity index (χ3n) is 4.12. The molecule has 2 rings (SSSR count). The molecule has 132 valence electrons. The first-order valence-electron chi connectivity index (χ1n) is 8.25. The highest BCUT2D eigenvalue weighted by Crippen LogP contribution is 2.14. The Morgan fingerprint density at radius 3 is 2.16 bits per heavy atom. The van der Waals surface area contributed by atoms with Crippen molar-refractivity contribution in [1.82, 2.24) is 10.3 Å². The van der Waals surface area contributed by atoms with E-state index in [9.17, 15) is 9.59 Å². The fourth-order valence-corrected chi connectivity index (χ4v) is 2.11. The van der Waals surface area contributed by atoms with Gasteiger partial charge in [-0.3, -0.25) is 14.6 Å².